The number of hydrogen-bond acceptors (Lipinski definition) is 8. The summed E-state index contributed by atoms with van der Waals surface area (Å²) >= 11 is 6.29. The number of anilines is 3. The number of aromatic nitrogens is 5. The van der Waals surface area contributed by atoms with Gasteiger partial charge in [-0.05, 0) is 37.1 Å². The lowest BCUT2D eigenvalue weighted by Gasteiger charge is -2.23. The summed E-state index contributed by atoms with van der Waals surface area (Å²) in [6.45, 7) is 0.799. The minimum Gasteiger partial charge on any atom is -0.358 e. The molecule has 1 atom stereocenters. The van der Waals surface area contributed by atoms with Gasteiger partial charge < -0.3 is 14.7 Å². The monoisotopic (exact) mass is 419 g/mol. The number of nitrogens with zero attached hydrogens (tertiary/aromatic N) is 6. The van der Waals surface area contributed by atoms with Crippen molar-refractivity contribution in [3.05, 3.63) is 71.8 Å². The molecule has 5 rings (SSSR count). The van der Waals surface area contributed by atoms with Crippen molar-refractivity contribution in [2.75, 3.05) is 16.8 Å². The van der Waals surface area contributed by atoms with Gasteiger partial charge in [-0.3, -0.25) is 4.98 Å². The molecule has 5 heterocycles. The van der Waals surface area contributed by atoms with Crippen LogP contribution in [-0.2, 0) is 0 Å². The minimum absolute atomic E-state index is 0.0175. The van der Waals surface area contributed by atoms with Crippen LogP contribution in [0.1, 0.15) is 24.6 Å². The molecule has 0 radical (unpaired) electrons. The lowest BCUT2D eigenvalue weighted by atomic mass is 10.1. The van der Waals surface area contributed by atoms with Gasteiger partial charge in [0.25, 0.3) is 0 Å². The molecule has 1 aliphatic rings. The largest absolute Gasteiger partial charge is 0.358 e. The molecule has 0 amide bonds. The number of hydrogen-bond donors (Lipinski definition) is 1. The van der Waals surface area contributed by atoms with E-state index in [-0.39, 0.29) is 6.04 Å². The molecule has 0 saturated carbocycles. The van der Waals surface area contributed by atoms with Gasteiger partial charge in [0.05, 0.1) is 11.7 Å². The lowest BCUT2D eigenvalue weighted by Crippen LogP contribution is -2.24. The predicted octanol–water partition coefficient (Wildman–Crippen LogP) is 4.66. The Labute approximate surface area is 178 Å². The van der Waals surface area contributed by atoms with Gasteiger partial charge in [0, 0.05) is 31.1 Å². The minimum atomic E-state index is -0.0175. The summed E-state index contributed by atoms with van der Waals surface area (Å²) in [4.78, 5) is 19.8. The highest BCUT2D eigenvalue weighted by Gasteiger charge is 2.32. The van der Waals surface area contributed by atoms with Crippen LogP contribution in [-0.4, -0.2) is 31.6 Å². The summed E-state index contributed by atoms with van der Waals surface area (Å²) in [5, 5.41) is 7.73. The van der Waals surface area contributed by atoms with Crippen molar-refractivity contribution in [2.24, 2.45) is 0 Å². The fourth-order valence-corrected chi connectivity index (χ4v) is 3.73. The van der Waals surface area contributed by atoms with E-state index in [0.717, 1.165) is 30.8 Å². The van der Waals surface area contributed by atoms with Crippen LogP contribution in [0.4, 0.5) is 17.6 Å². The Balaban J connectivity index is 1.42. The van der Waals surface area contributed by atoms with Crippen LogP contribution in [0.5, 0.6) is 0 Å². The second-order valence-electron chi connectivity index (χ2n) is 6.90. The molecule has 1 saturated heterocycles. The van der Waals surface area contributed by atoms with Crippen LogP contribution in [0.15, 0.2) is 65.4 Å². The summed E-state index contributed by atoms with van der Waals surface area (Å²) in [6, 6.07) is 14.9. The molecule has 0 aliphatic carbocycles. The first kappa shape index (κ1) is 18.5. The van der Waals surface area contributed by atoms with E-state index in [1.807, 2.05) is 42.5 Å². The molecule has 0 spiro atoms. The maximum atomic E-state index is 6.29. The molecule has 0 aromatic carbocycles. The van der Waals surface area contributed by atoms with E-state index in [2.05, 4.69) is 35.3 Å². The van der Waals surface area contributed by atoms with Crippen LogP contribution < -0.4 is 10.2 Å². The van der Waals surface area contributed by atoms with Gasteiger partial charge in [-0.1, -0.05) is 28.9 Å². The van der Waals surface area contributed by atoms with Crippen LogP contribution in [0.25, 0.3) is 11.4 Å². The van der Waals surface area contributed by atoms with Gasteiger partial charge in [0.1, 0.15) is 22.5 Å². The third-order valence-corrected chi connectivity index (χ3v) is 5.09. The summed E-state index contributed by atoms with van der Waals surface area (Å²) in [5.41, 5.74) is 1.49. The number of halogens is 1. The van der Waals surface area contributed by atoms with Crippen LogP contribution in [0.3, 0.4) is 0 Å². The van der Waals surface area contributed by atoms with Gasteiger partial charge in [-0.15, -0.1) is 0 Å². The molecule has 1 aliphatic heterocycles. The highest BCUT2D eigenvalue weighted by atomic mass is 35.5. The van der Waals surface area contributed by atoms with Crippen molar-refractivity contribution in [1.82, 2.24) is 25.1 Å². The number of pyridine rings is 2. The maximum absolute atomic E-state index is 6.29. The first-order chi connectivity index (χ1) is 14.8. The number of nitrogens with one attached hydrogen (secondary N) is 1. The van der Waals surface area contributed by atoms with E-state index >= 15 is 0 Å². The average molecular weight is 420 g/mol. The second kappa shape index (κ2) is 8.08. The first-order valence-corrected chi connectivity index (χ1v) is 10.0. The Kier molecular flexibility index (Phi) is 4.98. The van der Waals surface area contributed by atoms with E-state index in [4.69, 9.17) is 16.1 Å². The predicted molar refractivity (Wildman–Crippen MR) is 114 cm³/mol. The molecule has 1 fully saturated rings. The third-order valence-electron chi connectivity index (χ3n) is 4.90. The van der Waals surface area contributed by atoms with Gasteiger partial charge >= 0.3 is 0 Å². The zero-order valence-electron chi connectivity index (χ0n) is 15.9. The lowest BCUT2D eigenvalue weighted by molar-refractivity contribution is 0.362. The molecule has 8 nitrogen and oxygen atoms in total. The van der Waals surface area contributed by atoms with E-state index < -0.39 is 0 Å². The Bertz CT molecular complexity index is 1140. The third kappa shape index (κ3) is 3.81. The fourth-order valence-electron chi connectivity index (χ4n) is 3.55. The quantitative estimate of drug-likeness (QED) is 0.467. The van der Waals surface area contributed by atoms with Crippen molar-refractivity contribution in [2.45, 2.75) is 18.9 Å². The van der Waals surface area contributed by atoms with E-state index in [1.54, 1.807) is 18.5 Å². The normalized spacial score (nSPS) is 16.0. The summed E-state index contributed by atoms with van der Waals surface area (Å²) < 4.78 is 5.67. The molecule has 4 aromatic heterocycles. The highest BCUT2D eigenvalue weighted by molar-refractivity contribution is 6.29. The fraction of sp³-hybridized carbons (Fsp3) is 0.190. The van der Waals surface area contributed by atoms with Crippen molar-refractivity contribution in [1.29, 1.82) is 0 Å². The zero-order valence-corrected chi connectivity index (χ0v) is 16.7. The topological polar surface area (TPSA) is 92.9 Å². The summed E-state index contributed by atoms with van der Waals surface area (Å²) in [7, 11) is 0. The molecule has 4 aromatic rings. The molecule has 150 valence electrons. The smallest absolute Gasteiger partial charge is 0.229 e. The van der Waals surface area contributed by atoms with E-state index in [0.29, 0.717) is 28.4 Å². The Hall–Kier alpha value is -3.52. The molecule has 9 heteroatoms. The molecular weight excluding hydrogens is 402 g/mol. The molecule has 1 N–H and O–H groups in total. The average Bonchev–Trinajstić information content (AvgIpc) is 3.44. The summed E-state index contributed by atoms with van der Waals surface area (Å²) in [6.07, 6.45) is 5.35. The standard InChI is InChI=1S/C21H18ClN7O/c22-18-13-20(26-19-8-2-4-10-24-19)27-21(25-18)29-11-5-7-16(29)17-12-15(28-30-17)14-6-1-3-9-23-14/h1-4,6,8-10,12-13,16H,5,7,11H2,(H,24,25,26,27). The molecule has 30 heavy (non-hydrogen) atoms. The number of rotatable bonds is 5. The molecular formula is C21H18ClN7O. The highest BCUT2D eigenvalue weighted by Crippen LogP contribution is 2.36. The van der Waals surface area contributed by atoms with E-state index in [1.165, 1.54) is 0 Å². The van der Waals surface area contributed by atoms with Gasteiger partial charge in [0.15, 0.2) is 5.76 Å². The van der Waals surface area contributed by atoms with Crippen molar-refractivity contribution < 1.29 is 4.52 Å². The van der Waals surface area contributed by atoms with Crippen LogP contribution in [0.2, 0.25) is 5.15 Å². The van der Waals surface area contributed by atoms with Gasteiger partial charge in [-0.2, -0.15) is 4.98 Å². The van der Waals surface area contributed by atoms with Crippen LogP contribution in [0, 0.1) is 0 Å². The Morgan fingerprint density at radius 1 is 0.967 bits per heavy atom. The van der Waals surface area contributed by atoms with Crippen LogP contribution >= 0.6 is 11.6 Å². The first-order valence-electron chi connectivity index (χ1n) is 9.63. The second-order valence-corrected chi connectivity index (χ2v) is 7.28. The van der Waals surface area contributed by atoms with Gasteiger partial charge in [-0.25, -0.2) is 9.97 Å². The Morgan fingerprint density at radius 2 is 1.83 bits per heavy atom. The van der Waals surface area contributed by atoms with Gasteiger partial charge in [0.2, 0.25) is 5.95 Å². The van der Waals surface area contributed by atoms with Crippen molar-refractivity contribution >= 4 is 29.2 Å². The summed E-state index contributed by atoms with van der Waals surface area (Å²) in [5.74, 6) is 2.57. The van der Waals surface area contributed by atoms with E-state index in [9.17, 15) is 0 Å². The zero-order chi connectivity index (χ0) is 20.3. The Morgan fingerprint density at radius 3 is 2.63 bits per heavy atom. The maximum Gasteiger partial charge on any atom is 0.229 e. The molecule has 0 bridgehead atoms. The van der Waals surface area contributed by atoms with Crippen molar-refractivity contribution in [3.63, 3.8) is 0 Å². The molecule has 1 unspecified atom stereocenters. The van der Waals surface area contributed by atoms with Crippen molar-refractivity contribution in [3.8, 4) is 11.4 Å². The SMILES string of the molecule is Clc1cc(Nc2ccccn2)nc(N2CCCC2c2cc(-c3ccccn3)no2)n1.